The van der Waals surface area contributed by atoms with Crippen molar-refractivity contribution >= 4 is 23.3 Å². The molecule has 0 aliphatic carbocycles. The van der Waals surface area contributed by atoms with Crippen molar-refractivity contribution in [2.75, 3.05) is 30.4 Å². The summed E-state index contributed by atoms with van der Waals surface area (Å²) in [5, 5.41) is 7.88. The zero-order valence-corrected chi connectivity index (χ0v) is 13.5. The van der Waals surface area contributed by atoms with Crippen molar-refractivity contribution in [1.82, 2.24) is 5.32 Å². The monoisotopic (exact) mass is 323 g/mol. The number of nitrogens with one attached hydrogen (secondary N) is 3. The summed E-state index contributed by atoms with van der Waals surface area (Å²) in [6, 6.07) is 3.65. The summed E-state index contributed by atoms with van der Waals surface area (Å²) in [6.45, 7) is 7.19. The third kappa shape index (κ3) is 4.66. The lowest BCUT2D eigenvalue weighted by Crippen LogP contribution is -2.49. The van der Waals surface area contributed by atoms with Gasteiger partial charge in [-0.3, -0.25) is 4.79 Å². The lowest BCUT2D eigenvalue weighted by Gasteiger charge is -2.37. The van der Waals surface area contributed by atoms with Crippen molar-refractivity contribution in [3.63, 3.8) is 0 Å². The molecule has 1 aliphatic rings. The van der Waals surface area contributed by atoms with Crippen LogP contribution in [0.25, 0.3) is 0 Å². The summed E-state index contributed by atoms with van der Waals surface area (Å²) in [7, 11) is 0. The lowest BCUT2D eigenvalue weighted by atomic mass is 9.89. The molecule has 7 heteroatoms. The molecule has 1 aromatic rings. The second-order valence-corrected chi connectivity index (χ2v) is 6.45. The third-order valence-corrected chi connectivity index (χ3v) is 3.58. The first kappa shape index (κ1) is 17.2. The van der Waals surface area contributed by atoms with Gasteiger partial charge in [-0.05, 0) is 18.2 Å². The second-order valence-electron chi connectivity index (χ2n) is 6.45. The van der Waals surface area contributed by atoms with E-state index in [1.54, 1.807) is 13.8 Å². The Bertz CT molecular complexity index is 600. The minimum absolute atomic E-state index is 0.0312. The van der Waals surface area contributed by atoms with Crippen LogP contribution in [0.5, 0.6) is 0 Å². The van der Waals surface area contributed by atoms with Gasteiger partial charge in [0.25, 0.3) is 0 Å². The number of hydrogen-bond donors (Lipinski definition) is 3. The molecule has 1 fully saturated rings. The van der Waals surface area contributed by atoms with Crippen LogP contribution in [0.15, 0.2) is 18.2 Å². The molecule has 1 aromatic carbocycles. The molecule has 0 aromatic heterocycles. The molecular formula is C16H22FN3O3. The van der Waals surface area contributed by atoms with E-state index in [1.807, 2.05) is 6.92 Å². The number of carbonyl (C=O) groups is 2. The van der Waals surface area contributed by atoms with Crippen LogP contribution < -0.4 is 16.0 Å². The van der Waals surface area contributed by atoms with Gasteiger partial charge in [0.15, 0.2) is 0 Å². The van der Waals surface area contributed by atoms with Gasteiger partial charge in [0.05, 0.1) is 18.9 Å². The molecule has 0 saturated carbocycles. The summed E-state index contributed by atoms with van der Waals surface area (Å²) in [6.07, 6.45) is 0. The van der Waals surface area contributed by atoms with Gasteiger partial charge < -0.3 is 20.7 Å². The summed E-state index contributed by atoms with van der Waals surface area (Å²) in [5.74, 6) is -1.10. The number of halogens is 1. The van der Waals surface area contributed by atoms with Gasteiger partial charge in [-0.15, -0.1) is 0 Å². The van der Waals surface area contributed by atoms with Crippen molar-refractivity contribution in [2.24, 2.45) is 11.3 Å². The standard InChI is InChI=1S/C16H22FN3O3/c1-10(2)14(21)20-13-6-11(4-5-12(13)17)19-15(22)18-7-16(3)8-23-9-16/h4-6,10H,7-9H2,1-3H3,(H,20,21)(H2,18,19,22). The SMILES string of the molecule is CC(C)C(=O)Nc1cc(NC(=O)NCC2(C)COC2)ccc1F. The number of carbonyl (C=O) groups excluding carboxylic acids is 2. The fraction of sp³-hybridized carbons (Fsp3) is 0.500. The van der Waals surface area contributed by atoms with E-state index in [9.17, 15) is 14.0 Å². The van der Waals surface area contributed by atoms with Gasteiger partial charge >= 0.3 is 6.03 Å². The van der Waals surface area contributed by atoms with E-state index in [0.29, 0.717) is 25.4 Å². The van der Waals surface area contributed by atoms with Crippen LogP contribution in [-0.4, -0.2) is 31.7 Å². The van der Waals surface area contributed by atoms with Crippen LogP contribution in [0.1, 0.15) is 20.8 Å². The first-order valence-corrected chi connectivity index (χ1v) is 7.52. The van der Waals surface area contributed by atoms with Gasteiger partial charge in [-0.1, -0.05) is 20.8 Å². The Morgan fingerprint density at radius 2 is 2.00 bits per heavy atom. The molecule has 126 valence electrons. The van der Waals surface area contributed by atoms with Crippen molar-refractivity contribution < 1.29 is 18.7 Å². The summed E-state index contributed by atoms with van der Waals surface area (Å²) in [4.78, 5) is 23.5. The fourth-order valence-corrected chi connectivity index (χ4v) is 2.00. The van der Waals surface area contributed by atoms with E-state index in [-0.39, 0.29) is 29.0 Å². The molecule has 1 heterocycles. The molecule has 1 aliphatic heterocycles. The average Bonchev–Trinajstić information content (AvgIpc) is 2.46. The highest BCUT2D eigenvalue weighted by atomic mass is 19.1. The zero-order valence-electron chi connectivity index (χ0n) is 13.5. The molecule has 3 amide bonds. The highest BCUT2D eigenvalue weighted by Crippen LogP contribution is 2.25. The van der Waals surface area contributed by atoms with Gasteiger partial charge in [0, 0.05) is 23.6 Å². The van der Waals surface area contributed by atoms with Crippen molar-refractivity contribution in [2.45, 2.75) is 20.8 Å². The minimum Gasteiger partial charge on any atom is -0.380 e. The van der Waals surface area contributed by atoms with Gasteiger partial charge in [0.2, 0.25) is 5.91 Å². The Morgan fingerprint density at radius 1 is 1.30 bits per heavy atom. The molecule has 1 saturated heterocycles. The van der Waals surface area contributed by atoms with Crippen LogP contribution in [0.2, 0.25) is 0 Å². The van der Waals surface area contributed by atoms with Crippen molar-refractivity contribution in [1.29, 1.82) is 0 Å². The number of hydrogen-bond acceptors (Lipinski definition) is 3. The highest BCUT2D eigenvalue weighted by Gasteiger charge is 2.33. The lowest BCUT2D eigenvalue weighted by molar-refractivity contribution is -0.118. The zero-order chi connectivity index (χ0) is 17.0. The predicted octanol–water partition coefficient (Wildman–Crippen LogP) is 2.58. The van der Waals surface area contributed by atoms with E-state index in [0.717, 1.165) is 0 Å². The Morgan fingerprint density at radius 3 is 2.57 bits per heavy atom. The maximum atomic E-state index is 13.7. The molecule has 0 unspecified atom stereocenters. The van der Waals surface area contributed by atoms with E-state index in [1.165, 1.54) is 18.2 Å². The molecule has 3 N–H and O–H groups in total. The van der Waals surface area contributed by atoms with Gasteiger partial charge in [-0.25, -0.2) is 9.18 Å². The molecule has 0 spiro atoms. The van der Waals surface area contributed by atoms with Crippen LogP contribution >= 0.6 is 0 Å². The topological polar surface area (TPSA) is 79.5 Å². The third-order valence-electron chi connectivity index (χ3n) is 3.58. The molecule has 6 nitrogen and oxygen atoms in total. The number of urea groups is 1. The van der Waals surface area contributed by atoms with Gasteiger partial charge in [0.1, 0.15) is 5.82 Å². The average molecular weight is 323 g/mol. The normalized spacial score (nSPS) is 15.7. The first-order valence-electron chi connectivity index (χ1n) is 7.52. The Kier molecular flexibility index (Phi) is 5.20. The smallest absolute Gasteiger partial charge is 0.319 e. The quantitative estimate of drug-likeness (QED) is 0.779. The molecule has 2 rings (SSSR count). The molecule has 0 atom stereocenters. The van der Waals surface area contributed by atoms with Crippen LogP contribution in [0.3, 0.4) is 0 Å². The largest absolute Gasteiger partial charge is 0.380 e. The molecular weight excluding hydrogens is 301 g/mol. The van der Waals surface area contributed by atoms with E-state index >= 15 is 0 Å². The second kappa shape index (κ2) is 6.95. The number of anilines is 2. The maximum absolute atomic E-state index is 13.7. The Balaban J connectivity index is 1.94. The Labute approximate surface area is 134 Å². The summed E-state index contributed by atoms with van der Waals surface area (Å²) < 4.78 is 18.9. The molecule has 23 heavy (non-hydrogen) atoms. The van der Waals surface area contributed by atoms with Crippen LogP contribution in [0.4, 0.5) is 20.6 Å². The predicted molar refractivity (Wildman–Crippen MR) is 85.8 cm³/mol. The molecule has 0 bridgehead atoms. The minimum atomic E-state index is -0.552. The van der Waals surface area contributed by atoms with Crippen molar-refractivity contribution in [3.8, 4) is 0 Å². The fourth-order valence-electron chi connectivity index (χ4n) is 2.00. The summed E-state index contributed by atoms with van der Waals surface area (Å²) in [5.41, 5.74) is 0.412. The van der Waals surface area contributed by atoms with Crippen LogP contribution in [-0.2, 0) is 9.53 Å². The van der Waals surface area contributed by atoms with Crippen LogP contribution in [0, 0.1) is 17.2 Å². The highest BCUT2D eigenvalue weighted by molar-refractivity contribution is 5.94. The first-order chi connectivity index (χ1) is 10.8. The Hall–Kier alpha value is -2.15. The maximum Gasteiger partial charge on any atom is 0.319 e. The number of ether oxygens (including phenoxy) is 1. The van der Waals surface area contributed by atoms with E-state index < -0.39 is 5.82 Å². The summed E-state index contributed by atoms with van der Waals surface area (Å²) >= 11 is 0. The van der Waals surface area contributed by atoms with E-state index in [2.05, 4.69) is 16.0 Å². The van der Waals surface area contributed by atoms with Crippen molar-refractivity contribution in [3.05, 3.63) is 24.0 Å². The number of benzene rings is 1. The van der Waals surface area contributed by atoms with Gasteiger partial charge in [-0.2, -0.15) is 0 Å². The number of amides is 3. The number of rotatable bonds is 5. The van der Waals surface area contributed by atoms with E-state index in [4.69, 9.17) is 4.74 Å². The molecule has 0 radical (unpaired) electrons.